The van der Waals surface area contributed by atoms with E-state index in [-0.39, 0.29) is 0 Å². The van der Waals surface area contributed by atoms with Crippen molar-refractivity contribution in [3.63, 3.8) is 0 Å². The number of ether oxygens (including phenoxy) is 1. The minimum Gasteiger partial charge on any atom is -0.468 e. The zero-order valence-electron chi connectivity index (χ0n) is 12.1. The van der Waals surface area contributed by atoms with Gasteiger partial charge in [-0.3, -0.25) is 4.79 Å². The Balaban J connectivity index is 2.17. The van der Waals surface area contributed by atoms with E-state index in [9.17, 15) is 31.1 Å². The lowest BCUT2D eigenvalue weighted by atomic mass is 10.2. The van der Waals surface area contributed by atoms with Crippen LogP contribution in [-0.4, -0.2) is 28.7 Å². The summed E-state index contributed by atoms with van der Waals surface area (Å²) >= 11 is 0. The van der Waals surface area contributed by atoms with Gasteiger partial charge in [-0.2, -0.15) is 26.3 Å². The fourth-order valence-electron chi connectivity index (χ4n) is 1.70. The predicted octanol–water partition coefficient (Wildman–Crippen LogP) is 3.69. The van der Waals surface area contributed by atoms with Gasteiger partial charge < -0.3 is 10.1 Å². The summed E-state index contributed by atoms with van der Waals surface area (Å²) in [5, 5.41) is 1.97. The van der Waals surface area contributed by atoms with Crippen LogP contribution in [0, 0.1) is 0 Å². The second kappa shape index (κ2) is 6.95. The number of nitrogens with zero attached hydrogens (tertiary/aromatic N) is 2. The van der Waals surface area contributed by atoms with Crippen LogP contribution in [0.4, 0.5) is 32.0 Å². The molecule has 134 valence electrons. The van der Waals surface area contributed by atoms with Crippen LogP contribution >= 0.6 is 0 Å². The van der Waals surface area contributed by atoms with Crippen molar-refractivity contribution in [3.8, 4) is 5.88 Å². The minimum absolute atomic E-state index is 0.420. The summed E-state index contributed by atoms with van der Waals surface area (Å²) in [6.45, 7) is -1.62. The number of nitrogens with one attached hydrogen (secondary N) is 1. The van der Waals surface area contributed by atoms with E-state index >= 15 is 0 Å². The Kier molecular flexibility index (Phi) is 5.14. The Bertz CT molecular complexity index is 761. The largest absolute Gasteiger partial charge is 0.468 e. The normalized spacial score (nSPS) is 11.9. The number of halogens is 6. The summed E-state index contributed by atoms with van der Waals surface area (Å²) in [4.78, 5) is 18.7. The first-order valence-electron chi connectivity index (χ1n) is 6.56. The molecule has 2 rings (SSSR count). The molecule has 2 aromatic rings. The van der Waals surface area contributed by atoms with Gasteiger partial charge in [-0.25, -0.2) is 9.97 Å². The standard InChI is InChI=1S/C14H9F6N3O2/c15-13(16,17)7-25-10-5-1-3-9(22-10)12(24)23-8-4-2-6-21-11(8)14(18,19)20/h1-6H,7H2,(H,23,24). The minimum atomic E-state index is -4.80. The Labute approximate surface area is 136 Å². The molecule has 2 heterocycles. The highest BCUT2D eigenvalue weighted by Crippen LogP contribution is 2.32. The van der Waals surface area contributed by atoms with Gasteiger partial charge in [0.2, 0.25) is 5.88 Å². The maximum atomic E-state index is 12.8. The number of aromatic nitrogens is 2. The third-order valence-corrected chi connectivity index (χ3v) is 2.66. The Morgan fingerprint density at radius 1 is 1.08 bits per heavy atom. The lowest BCUT2D eigenvalue weighted by Crippen LogP contribution is -2.21. The van der Waals surface area contributed by atoms with E-state index in [2.05, 4.69) is 14.7 Å². The molecule has 0 unspecified atom stereocenters. The monoisotopic (exact) mass is 365 g/mol. The average Bonchev–Trinajstić information content (AvgIpc) is 2.52. The highest BCUT2D eigenvalue weighted by molar-refractivity contribution is 6.03. The smallest absolute Gasteiger partial charge is 0.435 e. The van der Waals surface area contributed by atoms with Crippen LogP contribution in [0.1, 0.15) is 16.2 Å². The van der Waals surface area contributed by atoms with Gasteiger partial charge in [-0.1, -0.05) is 6.07 Å². The van der Waals surface area contributed by atoms with Crippen molar-refractivity contribution < 1.29 is 35.9 Å². The lowest BCUT2D eigenvalue weighted by Gasteiger charge is -2.12. The van der Waals surface area contributed by atoms with E-state index in [1.165, 1.54) is 12.1 Å². The fraction of sp³-hybridized carbons (Fsp3) is 0.214. The molecular formula is C14H9F6N3O2. The van der Waals surface area contributed by atoms with Crippen molar-refractivity contribution >= 4 is 11.6 Å². The molecule has 1 amide bonds. The molecular weight excluding hydrogens is 356 g/mol. The van der Waals surface area contributed by atoms with Crippen LogP contribution in [0.25, 0.3) is 0 Å². The third kappa shape index (κ3) is 5.33. The number of amides is 1. The van der Waals surface area contributed by atoms with Gasteiger partial charge in [0.05, 0.1) is 5.69 Å². The topological polar surface area (TPSA) is 64.1 Å². The Hall–Kier alpha value is -2.85. The molecule has 25 heavy (non-hydrogen) atoms. The summed E-state index contributed by atoms with van der Waals surface area (Å²) in [6, 6.07) is 5.54. The van der Waals surface area contributed by atoms with Crippen molar-refractivity contribution in [2.75, 3.05) is 11.9 Å². The van der Waals surface area contributed by atoms with E-state index < -0.39 is 47.8 Å². The predicted molar refractivity (Wildman–Crippen MR) is 73.0 cm³/mol. The van der Waals surface area contributed by atoms with Crippen LogP contribution < -0.4 is 10.1 Å². The summed E-state index contributed by atoms with van der Waals surface area (Å²) < 4.78 is 79.1. The summed E-state index contributed by atoms with van der Waals surface area (Å²) in [7, 11) is 0. The second-order valence-corrected chi connectivity index (χ2v) is 4.62. The van der Waals surface area contributed by atoms with E-state index in [0.29, 0.717) is 0 Å². The van der Waals surface area contributed by atoms with Gasteiger partial charge in [0.15, 0.2) is 12.3 Å². The van der Waals surface area contributed by atoms with Crippen LogP contribution in [0.3, 0.4) is 0 Å². The molecule has 5 nitrogen and oxygen atoms in total. The first-order chi connectivity index (χ1) is 11.6. The Morgan fingerprint density at radius 3 is 2.44 bits per heavy atom. The number of hydrogen-bond donors (Lipinski definition) is 1. The number of hydrogen-bond acceptors (Lipinski definition) is 4. The molecule has 0 saturated heterocycles. The maximum absolute atomic E-state index is 12.8. The Morgan fingerprint density at radius 2 is 1.80 bits per heavy atom. The number of alkyl halides is 6. The highest BCUT2D eigenvalue weighted by Gasteiger charge is 2.35. The molecule has 0 spiro atoms. The van der Waals surface area contributed by atoms with Crippen LogP contribution in [0.2, 0.25) is 0 Å². The number of rotatable bonds is 4. The number of carbonyl (C=O) groups excluding carboxylic acids is 1. The molecule has 11 heteroatoms. The summed E-state index contributed by atoms with van der Waals surface area (Å²) in [5.41, 5.74) is -2.34. The molecule has 0 bridgehead atoms. The highest BCUT2D eigenvalue weighted by atomic mass is 19.4. The zero-order chi connectivity index (χ0) is 18.7. The van der Waals surface area contributed by atoms with Crippen molar-refractivity contribution in [2.24, 2.45) is 0 Å². The number of anilines is 1. The molecule has 0 aliphatic carbocycles. The number of pyridine rings is 2. The van der Waals surface area contributed by atoms with E-state index in [1.54, 1.807) is 0 Å². The molecule has 0 aliphatic rings. The summed E-state index contributed by atoms with van der Waals surface area (Å²) in [5.74, 6) is -1.55. The molecule has 2 aromatic heterocycles. The van der Waals surface area contributed by atoms with Crippen LogP contribution in [0.5, 0.6) is 5.88 Å². The van der Waals surface area contributed by atoms with Gasteiger partial charge in [-0.05, 0) is 18.2 Å². The van der Waals surface area contributed by atoms with Crippen molar-refractivity contribution in [3.05, 3.63) is 47.9 Å². The molecule has 0 saturated carbocycles. The van der Waals surface area contributed by atoms with Crippen LogP contribution in [-0.2, 0) is 6.18 Å². The van der Waals surface area contributed by atoms with Gasteiger partial charge >= 0.3 is 12.4 Å². The van der Waals surface area contributed by atoms with E-state index in [0.717, 1.165) is 24.4 Å². The van der Waals surface area contributed by atoms with Gasteiger partial charge in [0.25, 0.3) is 5.91 Å². The third-order valence-electron chi connectivity index (χ3n) is 2.66. The van der Waals surface area contributed by atoms with Crippen molar-refractivity contribution in [1.29, 1.82) is 0 Å². The number of carbonyl (C=O) groups is 1. The zero-order valence-corrected chi connectivity index (χ0v) is 12.1. The second-order valence-electron chi connectivity index (χ2n) is 4.62. The maximum Gasteiger partial charge on any atom is 0.435 e. The van der Waals surface area contributed by atoms with Crippen molar-refractivity contribution in [2.45, 2.75) is 12.4 Å². The van der Waals surface area contributed by atoms with E-state index in [4.69, 9.17) is 0 Å². The molecule has 1 N–H and O–H groups in total. The summed E-state index contributed by atoms with van der Waals surface area (Å²) in [6.07, 6.45) is -8.49. The quantitative estimate of drug-likeness (QED) is 0.840. The molecule has 0 atom stereocenters. The molecule has 0 aliphatic heterocycles. The van der Waals surface area contributed by atoms with E-state index in [1.807, 2.05) is 5.32 Å². The van der Waals surface area contributed by atoms with Gasteiger partial charge in [0, 0.05) is 12.3 Å². The molecule has 0 radical (unpaired) electrons. The molecule has 0 aromatic carbocycles. The first-order valence-corrected chi connectivity index (χ1v) is 6.56. The average molecular weight is 365 g/mol. The van der Waals surface area contributed by atoms with Gasteiger partial charge in [-0.15, -0.1) is 0 Å². The SMILES string of the molecule is O=C(Nc1cccnc1C(F)(F)F)c1cccc(OCC(F)(F)F)n1. The fourth-order valence-corrected chi connectivity index (χ4v) is 1.70. The lowest BCUT2D eigenvalue weighted by molar-refractivity contribution is -0.154. The van der Waals surface area contributed by atoms with Crippen molar-refractivity contribution in [1.82, 2.24) is 9.97 Å². The van der Waals surface area contributed by atoms with Gasteiger partial charge in [0.1, 0.15) is 5.69 Å². The van der Waals surface area contributed by atoms with Crippen LogP contribution in [0.15, 0.2) is 36.5 Å². The molecule has 0 fully saturated rings. The first kappa shape index (κ1) is 18.5.